The zero-order valence-corrected chi connectivity index (χ0v) is 15.2. The van der Waals surface area contributed by atoms with Crippen LogP contribution in [0.25, 0.3) is 21.8 Å². The standard InChI is InChI=1S/C19H16N4O2S/c1-3-22-12(2)21-15-9-17(23(24)25)19(10-16(15)22)26-18-6-4-5-13-11-20-8-7-14(13)18/h4-11H,3H2,1-2H3. The zero-order chi connectivity index (χ0) is 18.3. The summed E-state index contributed by atoms with van der Waals surface area (Å²) in [6.45, 7) is 4.73. The van der Waals surface area contributed by atoms with E-state index in [0.717, 1.165) is 33.6 Å². The fourth-order valence-electron chi connectivity index (χ4n) is 3.19. The van der Waals surface area contributed by atoms with Gasteiger partial charge in [-0.3, -0.25) is 15.1 Å². The van der Waals surface area contributed by atoms with Crippen molar-refractivity contribution in [3.63, 3.8) is 0 Å². The largest absolute Gasteiger partial charge is 0.328 e. The van der Waals surface area contributed by atoms with Crippen LogP contribution in [0.2, 0.25) is 0 Å². The Morgan fingerprint density at radius 1 is 1.23 bits per heavy atom. The van der Waals surface area contributed by atoms with E-state index in [2.05, 4.69) is 14.5 Å². The lowest BCUT2D eigenvalue weighted by Crippen LogP contribution is -1.97. The number of aryl methyl sites for hydroxylation is 2. The van der Waals surface area contributed by atoms with Crippen molar-refractivity contribution in [3.8, 4) is 0 Å². The Morgan fingerprint density at radius 3 is 2.85 bits per heavy atom. The van der Waals surface area contributed by atoms with E-state index in [4.69, 9.17) is 0 Å². The quantitative estimate of drug-likeness (QED) is 0.377. The van der Waals surface area contributed by atoms with Crippen LogP contribution >= 0.6 is 11.8 Å². The van der Waals surface area contributed by atoms with Crippen LogP contribution < -0.4 is 0 Å². The van der Waals surface area contributed by atoms with E-state index in [0.29, 0.717) is 10.4 Å². The van der Waals surface area contributed by atoms with E-state index in [1.807, 2.05) is 44.2 Å². The third kappa shape index (κ3) is 2.70. The van der Waals surface area contributed by atoms with Crippen LogP contribution in [0.1, 0.15) is 12.7 Å². The Labute approximate surface area is 154 Å². The smallest absolute Gasteiger partial charge is 0.285 e. The minimum absolute atomic E-state index is 0.0781. The normalized spacial score (nSPS) is 11.3. The molecule has 0 aliphatic rings. The Kier molecular flexibility index (Phi) is 4.08. The summed E-state index contributed by atoms with van der Waals surface area (Å²) in [5, 5.41) is 13.7. The molecule has 0 aliphatic heterocycles. The summed E-state index contributed by atoms with van der Waals surface area (Å²) in [5.74, 6) is 0.857. The van der Waals surface area contributed by atoms with Gasteiger partial charge in [0.25, 0.3) is 5.69 Å². The highest BCUT2D eigenvalue weighted by Gasteiger charge is 2.20. The summed E-state index contributed by atoms with van der Waals surface area (Å²) in [4.78, 5) is 21.5. The van der Waals surface area contributed by atoms with Gasteiger partial charge in [0.1, 0.15) is 5.82 Å². The second-order valence-corrected chi connectivity index (χ2v) is 7.01. The Balaban J connectivity index is 1.91. The fraction of sp³-hybridized carbons (Fsp3) is 0.158. The highest BCUT2D eigenvalue weighted by Crippen LogP contribution is 2.40. The van der Waals surface area contributed by atoms with Gasteiger partial charge in [-0.15, -0.1) is 0 Å². The molecule has 0 aliphatic carbocycles. The molecule has 0 saturated heterocycles. The number of hydrogen-bond acceptors (Lipinski definition) is 5. The van der Waals surface area contributed by atoms with Gasteiger partial charge in [0.2, 0.25) is 0 Å². The Bertz CT molecular complexity index is 1150. The van der Waals surface area contributed by atoms with Gasteiger partial charge in [-0.1, -0.05) is 23.9 Å². The van der Waals surface area contributed by atoms with Crippen molar-refractivity contribution in [3.05, 3.63) is 64.7 Å². The van der Waals surface area contributed by atoms with Gasteiger partial charge < -0.3 is 4.57 Å². The van der Waals surface area contributed by atoms with Gasteiger partial charge >= 0.3 is 0 Å². The SMILES string of the molecule is CCn1c(C)nc2cc([N+](=O)[O-])c(Sc3cccc4cnccc34)cc21. The number of aromatic nitrogens is 3. The number of pyridine rings is 1. The van der Waals surface area contributed by atoms with E-state index >= 15 is 0 Å². The lowest BCUT2D eigenvalue weighted by atomic mass is 10.2. The maximum Gasteiger partial charge on any atom is 0.285 e. The maximum absolute atomic E-state index is 11.6. The molecular formula is C19H16N4O2S. The molecule has 0 amide bonds. The van der Waals surface area contributed by atoms with Gasteiger partial charge in [-0.05, 0) is 37.4 Å². The molecule has 0 atom stereocenters. The van der Waals surface area contributed by atoms with Crippen LogP contribution in [0.15, 0.2) is 58.6 Å². The third-order valence-electron chi connectivity index (χ3n) is 4.39. The highest BCUT2D eigenvalue weighted by molar-refractivity contribution is 7.99. The minimum Gasteiger partial charge on any atom is -0.328 e. The molecule has 2 heterocycles. The first kappa shape index (κ1) is 16.5. The number of fused-ring (bicyclic) bond motifs is 2. The fourth-order valence-corrected chi connectivity index (χ4v) is 4.27. The summed E-state index contributed by atoms with van der Waals surface area (Å²) in [6, 6.07) is 11.3. The van der Waals surface area contributed by atoms with E-state index < -0.39 is 0 Å². The van der Waals surface area contributed by atoms with Crippen molar-refractivity contribution in [2.24, 2.45) is 0 Å². The summed E-state index contributed by atoms with van der Waals surface area (Å²) in [7, 11) is 0. The molecule has 7 heteroatoms. The predicted octanol–water partition coefficient (Wildman–Crippen LogP) is 4.97. The van der Waals surface area contributed by atoms with Gasteiger partial charge in [-0.25, -0.2) is 4.98 Å². The average Bonchev–Trinajstić information content (AvgIpc) is 2.95. The van der Waals surface area contributed by atoms with E-state index in [1.54, 1.807) is 18.5 Å². The van der Waals surface area contributed by atoms with E-state index in [9.17, 15) is 10.1 Å². The van der Waals surface area contributed by atoms with Crippen LogP contribution in [0.5, 0.6) is 0 Å². The number of nitro groups is 1. The molecule has 0 N–H and O–H groups in total. The van der Waals surface area contributed by atoms with Crippen LogP contribution in [0.4, 0.5) is 5.69 Å². The molecule has 0 radical (unpaired) electrons. The number of rotatable bonds is 4. The molecule has 4 rings (SSSR count). The molecule has 0 fully saturated rings. The molecule has 4 aromatic rings. The molecule has 0 saturated carbocycles. The second kappa shape index (κ2) is 6.42. The molecule has 26 heavy (non-hydrogen) atoms. The van der Waals surface area contributed by atoms with Gasteiger partial charge in [0.15, 0.2) is 0 Å². The predicted molar refractivity (Wildman–Crippen MR) is 103 cm³/mol. The topological polar surface area (TPSA) is 73.8 Å². The summed E-state index contributed by atoms with van der Waals surface area (Å²) < 4.78 is 2.07. The summed E-state index contributed by atoms with van der Waals surface area (Å²) in [5.41, 5.74) is 1.65. The number of benzene rings is 2. The highest BCUT2D eigenvalue weighted by atomic mass is 32.2. The van der Waals surface area contributed by atoms with E-state index in [1.165, 1.54) is 11.8 Å². The second-order valence-electron chi connectivity index (χ2n) is 5.92. The monoisotopic (exact) mass is 364 g/mol. The lowest BCUT2D eigenvalue weighted by Gasteiger charge is -2.08. The molecular weight excluding hydrogens is 348 g/mol. The van der Waals surface area contributed by atoms with E-state index in [-0.39, 0.29) is 10.6 Å². The maximum atomic E-state index is 11.6. The van der Waals surface area contributed by atoms with Crippen molar-refractivity contribution >= 4 is 39.3 Å². The minimum atomic E-state index is -0.339. The Morgan fingerprint density at radius 2 is 2.08 bits per heavy atom. The molecule has 2 aromatic carbocycles. The third-order valence-corrected chi connectivity index (χ3v) is 5.52. The summed E-state index contributed by atoms with van der Waals surface area (Å²) >= 11 is 1.40. The zero-order valence-electron chi connectivity index (χ0n) is 14.3. The first-order valence-electron chi connectivity index (χ1n) is 8.24. The number of imidazole rings is 1. The van der Waals surface area contributed by atoms with Crippen molar-refractivity contribution in [1.82, 2.24) is 14.5 Å². The first-order chi connectivity index (χ1) is 12.6. The first-order valence-corrected chi connectivity index (χ1v) is 9.06. The van der Waals surface area contributed by atoms with Gasteiger partial charge in [0, 0.05) is 35.3 Å². The Hall–Kier alpha value is -2.93. The van der Waals surface area contributed by atoms with Crippen LogP contribution in [-0.4, -0.2) is 19.5 Å². The number of hydrogen-bond donors (Lipinski definition) is 0. The van der Waals surface area contributed by atoms with Crippen LogP contribution in [-0.2, 0) is 6.54 Å². The number of nitro benzene ring substituents is 1. The van der Waals surface area contributed by atoms with Crippen LogP contribution in [0.3, 0.4) is 0 Å². The molecule has 6 nitrogen and oxygen atoms in total. The molecule has 2 aromatic heterocycles. The van der Waals surface area contributed by atoms with Crippen LogP contribution in [0, 0.1) is 17.0 Å². The number of nitrogens with zero attached hydrogens (tertiary/aromatic N) is 4. The lowest BCUT2D eigenvalue weighted by molar-refractivity contribution is -0.387. The summed E-state index contributed by atoms with van der Waals surface area (Å²) in [6.07, 6.45) is 3.53. The van der Waals surface area contributed by atoms with Gasteiger partial charge in [0.05, 0.1) is 20.9 Å². The van der Waals surface area contributed by atoms with Crippen molar-refractivity contribution in [1.29, 1.82) is 0 Å². The van der Waals surface area contributed by atoms with Gasteiger partial charge in [-0.2, -0.15) is 0 Å². The van der Waals surface area contributed by atoms with Crippen molar-refractivity contribution < 1.29 is 4.92 Å². The van der Waals surface area contributed by atoms with Crippen molar-refractivity contribution in [2.45, 2.75) is 30.2 Å². The van der Waals surface area contributed by atoms with Crippen molar-refractivity contribution in [2.75, 3.05) is 0 Å². The average molecular weight is 364 g/mol. The molecule has 130 valence electrons. The molecule has 0 spiro atoms. The molecule has 0 unspecified atom stereocenters. The molecule has 0 bridgehead atoms.